The van der Waals surface area contributed by atoms with Crippen LogP contribution in [0.4, 0.5) is 0 Å². The lowest BCUT2D eigenvalue weighted by Gasteiger charge is -2.26. The minimum Gasteiger partial charge on any atom is -0.387 e. The largest absolute Gasteiger partial charge is 0.387 e. The minimum absolute atomic E-state index is 0.116. The summed E-state index contributed by atoms with van der Waals surface area (Å²) in [6.45, 7) is 6.47. The molecule has 18 heavy (non-hydrogen) atoms. The molecule has 0 bridgehead atoms. The third kappa shape index (κ3) is 4.40. The molecular formula is C13H22N2O2S. The van der Waals surface area contributed by atoms with Crippen molar-refractivity contribution in [1.82, 2.24) is 10.2 Å². The van der Waals surface area contributed by atoms with Crippen molar-refractivity contribution < 1.29 is 9.90 Å². The molecule has 0 aliphatic heterocycles. The highest BCUT2D eigenvalue weighted by molar-refractivity contribution is 7.14. The van der Waals surface area contributed by atoms with Crippen LogP contribution in [0.25, 0.3) is 0 Å². The van der Waals surface area contributed by atoms with Crippen molar-refractivity contribution >= 4 is 17.2 Å². The Morgan fingerprint density at radius 1 is 1.50 bits per heavy atom. The molecule has 5 heteroatoms. The lowest BCUT2D eigenvalue weighted by atomic mass is 10.1. The first-order valence-corrected chi connectivity index (χ1v) is 6.75. The van der Waals surface area contributed by atoms with Gasteiger partial charge in [0.1, 0.15) is 0 Å². The SMILES string of the molecule is Cc1cc(C(=O)NCC(C)(O)CN(C)C)sc1C. The van der Waals surface area contributed by atoms with Crippen molar-refractivity contribution in [2.24, 2.45) is 0 Å². The molecule has 1 rings (SSSR count). The van der Waals surface area contributed by atoms with Crippen LogP contribution in [-0.2, 0) is 0 Å². The third-order valence-electron chi connectivity index (χ3n) is 2.68. The molecule has 0 saturated carbocycles. The summed E-state index contributed by atoms with van der Waals surface area (Å²) in [6.07, 6.45) is 0. The molecule has 102 valence electrons. The molecule has 1 amide bonds. The molecule has 0 saturated heterocycles. The molecule has 4 nitrogen and oxygen atoms in total. The number of likely N-dealkylation sites (N-methyl/N-ethyl adjacent to an activating group) is 1. The van der Waals surface area contributed by atoms with Crippen molar-refractivity contribution in [1.29, 1.82) is 0 Å². The Labute approximate surface area is 113 Å². The van der Waals surface area contributed by atoms with Crippen LogP contribution >= 0.6 is 11.3 Å². The van der Waals surface area contributed by atoms with E-state index < -0.39 is 5.60 Å². The summed E-state index contributed by atoms with van der Waals surface area (Å²) in [7, 11) is 3.78. The average Bonchev–Trinajstić information content (AvgIpc) is 2.54. The average molecular weight is 270 g/mol. The summed E-state index contributed by atoms with van der Waals surface area (Å²) in [4.78, 5) is 15.7. The van der Waals surface area contributed by atoms with Crippen molar-refractivity contribution in [3.63, 3.8) is 0 Å². The summed E-state index contributed by atoms with van der Waals surface area (Å²) in [6, 6.07) is 1.88. The summed E-state index contributed by atoms with van der Waals surface area (Å²) in [5.74, 6) is -0.116. The molecule has 0 aliphatic carbocycles. The zero-order valence-electron chi connectivity index (χ0n) is 11.7. The number of rotatable bonds is 5. The molecule has 1 atom stereocenters. The van der Waals surface area contributed by atoms with Gasteiger partial charge in [0.2, 0.25) is 0 Å². The fourth-order valence-corrected chi connectivity index (χ4v) is 2.73. The first kappa shape index (κ1) is 15.1. The highest BCUT2D eigenvalue weighted by Crippen LogP contribution is 2.20. The standard InChI is InChI=1S/C13H22N2O2S/c1-9-6-11(18-10(9)2)12(16)14-7-13(3,17)8-15(4)5/h6,17H,7-8H2,1-5H3,(H,14,16). The van der Waals surface area contributed by atoms with Crippen LogP contribution in [-0.4, -0.2) is 48.7 Å². The Bertz CT molecular complexity index is 405. The second-order valence-electron chi connectivity index (χ2n) is 5.27. The van der Waals surface area contributed by atoms with Gasteiger partial charge in [-0.2, -0.15) is 0 Å². The molecular weight excluding hydrogens is 248 g/mol. The monoisotopic (exact) mass is 270 g/mol. The van der Waals surface area contributed by atoms with Gasteiger partial charge in [0, 0.05) is 18.0 Å². The topological polar surface area (TPSA) is 52.6 Å². The van der Waals surface area contributed by atoms with Crippen LogP contribution in [0.5, 0.6) is 0 Å². The lowest BCUT2D eigenvalue weighted by Crippen LogP contribution is -2.47. The van der Waals surface area contributed by atoms with Crippen LogP contribution in [0.2, 0.25) is 0 Å². The number of aryl methyl sites for hydroxylation is 2. The molecule has 0 spiro atoms. The van der Waals surface area contributed by atoms with Gasteiger partial charge < -0.3 is 15.3 Å². The predicted molar refractivity (Wildman–Crippen MR) is 75.3 cm³/mol. The number of carbonyl (C=O) groups excluding carboxylic acids is 1. The summed E-state index contributed by atoms with van der Waals surface area (Å²) in [5, 5.41) is 12.9. The van der Waals surface area contributed by atoms with E-state index in [1.54, 1.807) is 6.92 Å². The molecule has 2 N–H and O–H groups in total. The second-order valence-corrected chi connectivity index (χ2v) is 6.52. The molecule has 1 unspecified atom stereocenters. The maximum absolute atomic E-state index is 11.9. The van der Waals surface area contributed by atoms with Crippen LogP contribution < -0.4 is 5.32 Å². The Kier molecular flexibility index (Phi) is 4.90. The van der Waals surface area contributed by atoms with E-state index in [0.717, 1.165) is 10.4 Å². The fraction of sp³-hybridized carbons (Fsp3) is 0.615. The van der Waals surface area contributed by atoms with Crippen molar-refractivity contribution in [3.8, 4) is 0 Å². The Hall–Kier alpha value is -0.910. The van der Waals surface area contributed by atoms with E-state index in [9.17, 15) is 9.90 Å². The number of hydrogen-bond donors (Lipinski definition) is 2. The first-order chi connectivity index (χ1) is 8.21. The van der Waals surface area contributed by atoms with Crippen LogP contribution in [0, 0.1) is 13.8 Å². The highest BCUT2D eigenvalue weighted by Gasteiger charge is 2.22. The van der Waals surface area contributed by atoms with Gasteiger partial charge in [0.25, 0.3) is 5.91 Å². The summed E-state index contributed by atoms with van der Waals surface area (Å²) in [5.41, 5.74) is 0.214. The third-order valence-corrected chi connectivity index (χ3v) is 3.83. The lowest BCUT2D eigenvalue weighted by molar-refractivity contribution is 0.0326. The Balaban J connectivity index is 2.56. The van der Waals surface area contributed by atoms with Gasteiger partial charge in [0.15, 0.2) is 0 Å². The van der Waals surface area contributed by atoms with Gasteiger partial charge in [-0.05, 0) is 46.5 Å². The fourth-order valence-electron chi connectivity index (χ4n) is 1.78. The number of nitrogens with zero attached hydrogens (tertiary/aromatic N) is 1. The molecule has 1 heterocycles. The number of thiophene rings is 1. The zero-order valence-corrected chi connectivity index (χ0v) is 12.5. The molecule has 0 radical (unpaired) electrons. The van der Waals surface area contributed by atoms with Crippen molar-refractivity contribution in [2.75, 3.05) is 27.2 Å². The molecule has 1 aromatic rings. The van der Waals surface area contributed by atoms with Crippen LogP contribution in [0.3, 0.4) is 0 Å². The molecule has 1 aromatic heterocycles. The quantitative estimate of drug-likeness (QED) is 0.850. The van der Waals surface area contributed by atoms with Crippen molar-refractivity contribution in [2.45, 2.75) is 26.4 Å². The van der Waals surface area contributed by atoms with Crippen LogP contribution in [0.1, 0.15) is 27.0 Å². The number of nitrogens with one attached hydrogen (secondary N) is 1. The van der Waals surface area contributed by atoms with E-state index in [4.69, 9.17) is 0 Å². The van der Waals surface area contributed by atoms with Gasteiger partial charge in [0.05, 0.1) is 10.5 Å². The summed E-state index contributed by atoms with van der Waals surface area (Å²) >= 11 is 1.48. The molecule has 0 aliphatic rings. The Morgan fingerprint density at radius 3 is 2.56 bits per heavy atom. The van der Waals surface area contributed by atoms with E-state index in [-0.39, 0.29) is 12.5 Å². The van der Waals surface area contributed by atoms with E-state index in [2.05, 4.69) is 5.32 Å². The Morgan fingerprint density at radius 2 is 2.11 bits per heavy atom. The van der Waals surface area contributed by atoms with Crippen LogP contribution in [0.15, 0.2) is 6.07 Å². The molecule has 0 aromatic carbocycles. The number of aliphatic hydroxyl groups is 1. The smallest absolute Gasteiger partial charge is 0.261 e. The van der Waals surface area contributed by atoms with Gasteiger partial charge in [-0.1, -0.05) is 0 Å². The molecule has 0 fully saturated rings. The van der Waals surface area contributed by atoms with E-state index in [1.807, 2.05) is 38.9 Å². The predicted octanol–water partition coefficient (Wildman–Crippen LogP) is 1.41. The zero-order chi connectivity index (χ0) is 13.9. The van der Waals surface area contributed by atoms with Crippen molar-refractivity contribution in [3.05, 3.63) is 21.4 Å². The van der Waals surface area contributed by atoms with E-state index in [0.29, 0.717) is 11.4 Å². The summed E-state index contributed by atoms with van der Waals surface area (Å²) < 4.78 is 0. The number of hydrogen-bond acceptors (Lipinski definition) is 4. The number of carbonyl (C=O) groups is 1. The minimum atomic E-state index is -0.916. The van der Waals surface area contributed by atoms with E-state index >= 15 is 0 Å². The van der Waals surface area contributed by atoms with Gasteiger partial charge in [-0.15, -0.1) is 11.3 Å². The second kappa shape index (κ2) is 5.82. The maximum atomic E-state index is 11.9. The highest BCUT2D eigenvalue weighted by atomic mass is 32.1. The first-order valence-electron chi connectivity index (χ1n) is 5.93. The van der Waals surface area contributed by atoms with E-state index in [1.165, 1.54) is 11.3 Å². The number of amides is 1. The normalized spacial score (nSPS) is 14.6. The van der Waals surface area contributed by atoms with Gasteiger partial charge in [-0.3, -0.25) is 4.79 Å². The maximum Gasteiger partial charge on any atom is 0.261 e. The van der Waals surface area contributed by atoms with Gasteiger partial charge >= 0.3 is 0 Å². The van der Waals surface area contributed by atoms with Gasteiger partial charge in [-0.25, -0.2) is 0 Å².